The fraction of sp³-hybridized carbons (Fsp3) is 0.417. The van der Waals surface area contributed by atoms with Gasteiger partial charge in [-0.1, -0.05) is 0 Å². The molecule has 0 radical (unpaired) electrons. The van der Waals surface area contributed by atoms with Crippen molar-refractivity contribution in [1.29, 1.82) is 0 Å². The minimum absolute atomic E-state index is 0.0308. The number of halogens is 2. The zero-order valence-corrected chi connectivity index (χ0v) is 11.2. The molecule has 0 heterocycles. The predicted molar refractivity (Wildman–Crippen MR) is 67.7 cm³/mol. The molecule has 1 aromatic rings. The topological polar surface area (TPSA) is 83.7 Å². The lowest BCUT2D eigenvalue weighted by atomic mass is 10.0. The molecular formula is C12H14F2N2O4. The number of hydrogen-bond donors (Lipinski definition) is 1. The first-order valence-corrected chi connectivity index (χ1v) is 5.77. The number of likely N-dealkylation sites (N-methyl/N-ethyl adjacent to an activating group) is 1. The molecule has 1 N–H and O–H groups in total. The molecule has 0 aliphatic carbocycles. The third-order valence-corrected chi connectivity index (χ3v) is 3.00. The Bertz CT molecular complexity index is 561. The van der Waals surface area contributed by atoms with E-state index in [2.05, 4.69) is 0 Å². The van der Waals surface area contributed by atoms with Crippen molar-refractivity contribution in [3.05, 3.63) is 33.9 Å². The van der Waals surface area contributed by atoms with Gasteiger partial charge in [-0.25, -0.2) is 9.18 Å². The molecule has 0 bridgehead atoms. The average molecular weight is 288 g/mol. The first-order valence-electron chi connectivity index (χ1n) is 5.77. The van der Waals surface area contributed by atoms with E-state index in [1.54, 1.807) is 0 Å². The number of aliphatic carboxylic acids is 1. The minimum atomic E-state index is -1.56. The van der Waals surface area contributed by atoms with Gasteiger partial charge in [-0.05, 0) is 20.8 Å². The molecule has 1 aromatic carbocycles. The van der Waals surface area contributed by atoms with Crippen LogP contribution in [-0.2, 0) is 4.79 Å². The molecule has 0 fully saturated rings. The van der Waals surface area contributed by atoms with Gasteiger partial charge in [0, 0.05) is 18.7 Å². The molecule has 8 heteroatoms. The highest BCUT2D eigenvalue weighted by Crippen LogP contribution is 2.35. The van der Waals surface area contributed by atoms with Gasteiger partial charge in [-0.3, -0.25) is 10.1 Å². The molecular weight excluding hydrogens is 274 g/mol. The largest absolute Gasteiger partial charge is 0.480 e. The van der Waals surface area contributed by atoms with E-state index in [9.17, 15) is 28.8 Å². The van der Waals surface area contributed by atoms with Crippen LogP contribution in [0.5, 0.6) is 0 Å². The first-order chi connectivity index (χ1) is 9.12. The maximum atomic E-state index is 13.6. The second-order valence-corrected chi connectivity index (χ2v) is 4.62. The lowest BCUT2D eigenvalue weighted by Crippen LogP contribution is -2.50. The van der Waals surface area contributed by atoms with Crippen molar-refractivity contribution in [3.63, 3.8) is 0 Å². The number of benzene rings is 1. The van der Waals surface area contributed by atoms with Gasteiger partial charge in [0.25, 0.3) is 0 Å². The van der Waals surface area contributed by atoms with Crippen LogP contribution in [0.4, 0.5) is 20.2 Å². The van der Waals surface area contributed by atoms with E-state index in [-0.39, 0.29) is 6.54 Å². The number of rotatable bonds is 5. The molecule has 0 amide bonds. The highest BCUT2D eigenvalue weighted by Gasteiger charge is 2.38. The summed E-state index contributed by atoms with van der Waals surface area (Å²) in [5.41, 5.74) is -2.90. The van der Waals surface area contributed by atoms with Gasteiger partial charge in [0.15, 0.2) is 0 Å². The fourth-order valence-corrected chi connectivity index (χ4v) is 1.92. The Morgan fingerprint density at radius 1 is 1.45 bits per heavy atom. The van der Waals surface area contributed by atoms with Crippen molar-refractivity contribution in [3.8, 4) is 0 Å². The zero-order chi connectivity index (χ0) is 15.7. The van der Waals surface area contributed by atoms with Crippen LogP contribution in [0.1, 0.15) is 20.8 Å². The van der Waals surface area contributed by atoms with Gasteiger partial charge in [0.05, 0.1) is 4.92 Å². The third-order valence-electron chi connectivity index (χ3n) is 3.00. The number of anilines is 1. The van der Waals surface area contributed by atoms with Gasteiger partial charge in [-0.15, -0.1) is 0 Å². The third kappa shape index (κ3) is 2.68. The van der Waals surface area contributed by atoms with E-state index in [1.165, 1.54) is 20.8 Å². The van der Waals surface area contributed by atoms with Crippen molar-refractivity contribution in [2.24, 2.45) is 0 Å². The SMILES string of the molecule is CCN(c1cc(F)cc(F)c1[N+](=O)[O-])C(C)(C)C(=O)O. The molecule has 20 heavy (non-hydrogen) atoms. The summed E-state index contributed by atoms with van der Waals surface area (Å²) < 4.78 is 26.9. The first kappa shape index (κ1) is 15.8. The summed E-state index contributed by atoms with van der Waals surface area (Å²) >= 11 is 0. The number of nitrogens with zero attached hydrogens (tertiary/aromatic N) is 2. The van der Waals surface area contributed by atoms with Crippen molar-refractivity contribution in [1.82, 2.24) is 0 Å². The van der Waals surface area contributed by atoms with Crippen LogP contribution in [0, 0.1) is 21.7 Å². The maximum Gasteiger partial charge on any atom is 0.328 e. The van der Waals surface area contributed by atoms with Crippen molar-refractivity contribution < 1.29 is 23.6 Å². The van der Waals surface area contributed by atoms with Crippen LogP contribution >= 0.6 is 0 Å². The van der Waals surface area contributed by atoms with Crippen LogP contribution in [0.3, 0.4) is 0 Å². The molecule has 0 aliphatic heterocycles. The Morgan fingerprint density at radius 3 is 2.40 bits per heavy atom. The van der Waals surface area contributed by atoms with E-state index >= 15 is 0 Å². The van der Waals surface area contributed by atoms with E-state index in [4.69, 9.17) is 0 Å². The molecule has 1 rings (SSSR count). The normalized spacial score (nSPS) is 11.2. The zero-order valence-electron chi connectivity index (χ0n) is 11.2. The van der Waals surface area contributed by atoms with Gasteiger partial charge in [0.2, 0.25) is 5.82 Å². The predicted octanol–water partition coefficient (Wildman–Crippen LogP) is 2.56. The molecule has 0 saturated heterocycles. The monoisotopic (exact) mass is 288 g/mol. The van der Waals surface area contributed by atoms with E-state index in [0.717, 1.165) is 11.0 Å². The summed E-state index contributed by atoms with van der Waals surface area (Å²) in [7, 11) is 0. The molecule has 0 aromatic heterocycles. The maximum absolute atomic E-state index is 13.6. The summed E-state index contributed by atoms with van der Waals surface area (Å²) in [5, 5.41) is 20.1. The minimum Gasteiger partial charge on any atom is -0.480 e. The van der Waals surface area contributed by atoms with Crippen LogP contribution in [0.15, 0.2) is 12.1 Å². The number of nitro groups is 1. The van der Waals surface area contributed by atoms with Gasteiger partial charge in [-0.2, -0.15) is 4.39 Å². The molecule has 0 spiro atoms. The van der Waals surface area contributed by atoms with Gasteiger partial charge in [0.1, 0.15) is 17.0 Å². The summed E-state index contributed by atoms with van der Waals surface area (Å²) in [6, 6.07) is 1.15. The Hall–Kier alpha value is -2.25. The summed E-state index contributed by atoms with van der Waals surface area (Å²) in [6.45, 7) is 4.16. The number of carbonyl (C=O) groups is 1. The summed E-state index contributed by atoms with van der Waals surface area (Å²) in [6.07, 6.45) is 0. The highest BCUT2D eigenvalue weighted by atomic mass is 19.1. The standard InChI is InChI=1S/C12H14F2N2O4/c1-4-15(12(2,3)11(17)18)9-6-7(13)5-8(14)10(9)16(19)20/h5-6H,4H2,1-3H3,(H,17,18). The lowest BCUT2D eigenvalue weighted by molar-refractivity contribution is -0.386. The Morgan fingerprint density at radius 2 is 2.00 bits per heavy atom. The van der Waals surface area contributed by atoms with Crippen LogP contribution in [0.2, 0.25) is 0 Å². The van der Waals surface area contributed by atoms with E-state index in [0.29, 0.717) is 6.07 Å². The summed E-state index contributed by atoms with van der Waals surface area (Å²) in [4.78, 5) is 22.3. The van der Waals surface area contributed by atoms with E-state index in [1.807, 2.05) is 0 Å². The fourth-order valence-electron chi connectivity index (χ4n) is 1.92. The quantitative estimate of drug-likeness (QED) is 0.665. The lowest BCUT2D eigenvalue weighted by Gasteiger charge is -2.35. The molecule has 6 nitrogen and oxygen atoms in total. The second kappa shape index (κ2) is 5.40. The smallest absolute Gasteiger partial charge is 0.328 e. The molecule has 0 saturated carbocycles. The highest BCUT2D eigenvalue weighted by molar-refractivity contribution is 5.84. The number of hydrogen-bond acceptors (Lipinski definition) is 4. The Kier molecular flexibility index (Phi) is 4.26. The molecule has 0 aliphatic rings. The van der Waals surface area contributed by atoms with Crippen molar-refractivity contribution in [2.75, 3.05) is 11.4 Å². The number of carboxylic acid groups (broad SMARTS) is 1. The Labute approximate surface area is 113 Å². The Balaban J connectivity index is 3.58. The van der Waals surface area contributed by atoms with Crippen molar-refractivity contribution in [2.45, 2.75) is 26.3 Å². The van der Waals surface area contributed by atoms with Gasteiger partial charge < -0.3 is 10.0 Å². The van der Waals surface area contributed by atoms with Crippen LogP contribution in [0.25, 0.3) is 0 Å². The van der Waals surface area contributed by atoms with Crippen LogP contribution in [-0.4, -0.2) is 28.1 Å². The number of nitro benzene ring substituents is 1. The second-order valence-electron chi connectivity index (χ2n) is 4.62. The van der Waals surface area contributed by atoms with E-state index < -0.39 is 39.4 Å². The average Bonchev–Trinajstić information content (AvgIpc) is 2.27. The molecule has 0 unspecified atom stereocenters. The number of carboxylic acids is 1. The molecule has 0 atom stereocenters. The van der Waals surface area contributed by atoms with Crippen molar-refractivity contribution >= 4 is 17.3 Å². The van der Waals surface area contributed by atoms with Gasteiger partial charge >= 0.3 is 11.7 Å². The summed E-state index contributed by atoms with van der Waals surface area (Å²) in [5.74, 6) is -3.62. The van der Waals surface area contributed by atoms with Crippen LogP contribution < -0.4 is 4.90 Å². The molecule has 110 valence electrons.